The Labute approximate surface area is 276 Å². The minimum atomic E-state index is -1.54. The van der Waals surface area contributed by atoms with Crippen molar-refractivity contribution in [2.45, 2.75) is 118 Å². The summed E-state index contributed by atoms with van der Waals surface area (Å²) in [6.07, 6.45) is -9.85. The van der Waals surface area contributed by atoms with Crippen molar-refractivity contribution in [3.8, 4) is 0 Å². The molecule has 2 heterocycles. The quantitative estimate of drug-likeness (QED) is 0.112. The first-order chi connectivity index (χ1) is 17.5. The molecule has 0 bridgehead atoms. The molecule has 15 N–H and O–H groups in total. The lowest BCUT2D eigenvalue weighted by molar-refractivity contribution is -0.321. The van der Waals surface area contributed by atoms with E-state index in [1.807, 2.05) is 0 Å². The number of nitrogens with one attached hydrogen (secondary N) is 1. The van der Waals surface area contributed by atoms with Gasteiger partial charge < -0.3 is 73.4 Å². The molecule has 256 valence electrons. The molecule has 1 aliphatic carbocycles. The monoisotopic (exact) mass is 716 g/mol. The summed E-state index contributed by atoms with van der Waals surface area (Å²) in [5.74, 6) is -0.729. The summed E-state index contributed by atoms with van der Waals surface area (Å²) in [5.41, 5.74) is 29.7. The van der Waals surface area contributed by atoms with E-state index in [0.717, 1.165) is 0 Å². The van der Waals surface area contributed by atoms with Gasteiger partial charge in [0.15, 0.2) is 12.6 Å². The van der Waals surface area contributed by atoms with E-state index >= 15 is 0 Å². The third kappa shape index (κ3) is 11.3. The first-order valence-electron chi connectivity index (χ1n) is 12.8. The van der Waals surface area contributed by atoms with E-state index in [4.69, 9.17) is 47.6 Å². The predicted octanol–water partition coefficient (Wildman–Crippen LogP) is -3.26. The Morgan fingerprint density at radius 2 is 1.48 bits per heavy atom. The predicted molar refractivity (Wildman–Crippen MR) is 165 cm³/mol. The van der Waals surface area contributed by atoms with Crippen LogP contribution in [0.1, 0.15) is 32.6 Å². The fourth-order valence-corrected chi connectivity index (χ4v) is 4.93. The molecule has 0 spiro atoms. The molecule has 0 unspecified atom stereocenters. The maximum atomic E-state index is 12.4. The highest BCUT2D eigenvalue weighted by Crippen LogP contribution is 2.32. The molecule has 1 amide bonds. The second-order valence-electron chi connectivity index (χ2n) is 10.2. The third-order valence-electron chi connectivity index (χ3n) is 7.35. The van der Waals surface area contributed by atoms with Gasteiger partial charge in [-0.1, -0.05) is 0 Å². The summed E-state index contributed by atoms with van der Waals surface area (Å²) in [4.78, 5) is 12.4. The van der Waals surface area contributed by atoms with Crippen LogP contribution in [0.3, 0.4) is 0 Å². The number of aliphatic hydroxyl groups is 4. The molecule has 1 saturated carbocycles. The number of aliphatic hydroxyl groups excluding tert-OH is 4. The summed E-state index contributed by atoms with van der Waals surface area (Å²) >= 11 is 0. The van der Waals surface area contributed by atoms with Gasteiger partial charge in [-0.3, -0.25) is 4.79 Å². The van der Waals surface area contributed by atoms with Crippen molar-refractivity contribution in [2.24, 2.45) is 28.7 Å². The molecule has 20 heteroatoms. The molecule has 0 aromatic carbocycles. The fourth-order valence-electron chi connectivity index (χ4n) is 4.93. The second-order valence-corrected chi connectivity index (χ2v) is 10.2. The van der Waals surface area contributed by atoms with E-state index in [2.05, 4.69) is 5.32 Å². The van der Waals surface area contributed by atoms with Crippen LogP contribution < -0.4 is 34.0 Å². The minimum Gasteiger partial charge on any atom is -0.388 e. The van der Waals surface area contributed by atoms with Gasteiger partial charge >= 0.3 is 0 Å². The van der Waals surface area contributed by atoms with Crippen LogP contribution in [0.5, 0.6) is 0 Å². The number of ether oxygens (including phenoxy) is 4. The molecular weight excluding hydrogens is 670 g/mol. The van der Waals surface area contributed by atoms with Gasteiger partial charge in [0.1, 0.15) is 36.6 Å². The Hall–Kier alpha value is 0.400. The molecule has 15 nitrogen and oxygen atoms in total. The number of halogens is 5. The molecule has 3 fully saturated rings. The van der Waals surface area contributed by atoms with Gasteiger partial charge in [0.05, 0.1) is 30.3 Å². The van der Waals surface area contributed by atoms with E-state index in [1.54, 1.807) is 6.92 Å². The lowest BCUT2D eigenvalue weighted by atomic mass is 9.83. The van der Waals surface area contributed by atoms with Crippen LogP contribution in [0.25, 0.3) is 0 Å². The maximum Gasteiger partial charge on any atom is 0.249 e. The highest BCUT2D eigenvalue weighted by molar-refractivity contribution is 5.86. The van der Waals surface area contributed by atoms with E-state index in [0.29, 0.717) is 12.8 Å². The van der Waals surface area contributed by atoms with E-state index < -0.39 is 85.4 Å². The molecule has 0 radical (unpaired) electrons. The summed E-state index contributed by atoms with van der Waals surface area (Å²) < 4.78 is 23.7. The van der Waals surface area contributed by atoms with Crippen LogP contribution in [0, 0.1) is 0 Å². The molecule has 2 aliphatic heterocycles. The molecule has 0 aromatic heterocycles. The van der Waals surface area contributed by atoms with Crippen molar-refractivity contribution < 1.29 is 44.2 Å². The summed E-state index contributed by atoms with van der Waals surface area (Å²) in [5, 5.41) is 44.8. The normalized spacial score (nSPS) is 40.4. The fraction of sp³-hybridized carbons (Fsp3) is 0.955. The lowest BCUT2D eigenvalue weighted by Gasteiger charge is -2.48. The van der Waals surface area contributed by atoms with Crippen molar-refractivity contribution in [3.63, 3.8) is 0 Å². The number of nitrogens with two attached hydrogens (primary N) is 5. The average Bonchev–Trinajstić information content (AvgIpc) is 2.87. The Morgan fingerprint density at radius 1 is 0.881 bits per heavy atom. The van der Waals surface area contributed by atoms with Crippen molar-refractivity contribution in [3.05, 3.63) is 0 Å². The van der Waals surface area contributed by atoms with Gasteiger partial charge in [-0.05, 0) is 39.2 Å². The first-order valence-corrected chi connectivity index (χ1v) is 12.8. The molecule has 3 aliphatic rings. The van der Waals surface area contributed by atoms with Crippen molar-refractivity contribution in [1.82, 2.24) is 5.32 Å². The number of hydrogen-bond acceptors (Lipinski definition) is 14. The molecular formula is C22H49Cl5N6O9. The largest absolute Gasteiger partial charge is 0.388 e. The zero-order valence-electron chi connectivity index (χ0n) is 23.1. The third-order valence-corrected chi connectivity index (χ3v) is 7.35. The number of hydrogen-bond donors (Lipinski definition) is 10. The number of amides is 1. The first kappa shape index (κ1) is 46.8. The Balaban J connectivity index is -0.00000304. The van der Waals surface area contributed by atoms with Crippen LogP contribution in [0.2, 0.25) is 0 Å². The van der Waals surface area contributed by atoms with Gasteiger partial charge in [-0.2, -0.15) is 0 Å². The second kappa shape index (κ2) is 21.2. The minimum absolute atomic E-state index is 0. The van der Waals surface area contributed by atoms with Crippen molar-refractivity contribution in [2.75, 3.05) is 13.1 Å². The smallest absolute Gasteiger partial charge is 0.249 e. The molecule has 0 aromatic rings. The van der Waals surface area contributed by atoms with Crippen LogP contribution >= 0.6 is 62.0 Å². The maximum absolute atomic E-state index is 12.4. The van der Waals surface area contributed by atoms with E-state index in [-0.39, 0.29) is 94.1 Å². The highest BCUT2D eigenvalue weighted by Gasteiger charge is 2.51. The number of rotatable bonds is 9. The van der Waals surface area contributed by atoms with Gasteiger partial charge in [-0.25, -0.2) is 0 Å². The van der Waals surface area contributed by atoms with Crippen LogP contribution in [-0.4, -0.2) is 125 Å². The van der Waals surface area contributed by atoms with Crippen molar-refractivity contribution >= 4 is 67.9 Å². The summed E-state index contributed by atoms with van der Waals surface area (Å²) in [6, 6.07) is -3.10. The Bertz CT molecular complexity index is 763. The zero-order chi connectivity index (χ0) is 27.4. The van der Waals surface area contributed by atoms with E-state index in [1.165, 1.54) is 0 Å². The summed E-state index contributed by atoms with van der Waals surface area (Å²) in [7, 11) is 0. The number of carbonyl (C=O) groups is 1. The van der Waals surface area contributed by atoms with E-state index in [9.17, 15) is 25.2 Å². The zero-order valence-corrected chi connectivity index (χ0v) is 27.2. The van der Waals surface area contributed by atoms with Crippen LogP contribution in [-0.2, 0) is 23.7 Å². The molecule has 14 atom stereocenters. The van der Waals surface area contributed by atoms with Crippen LogP contribution in [0.15, 0.2) is 0 Å². The Morgan fingerprint density at radius 3 is 2.05 bits per heavy atom. The van der Waals surface area contributed by atoms with Gasteiger partial charge in [-0.15, -0.1) is 62.0 Å². The van der Waals surface area contributed by atoms with Gasteiger partial charge in [0.2, 0.25) is 5.91 Å². The lowest BCUT2D eigenvalue weighted by Crippen LogP contribution is -2.68. The standard InChI is InChI=1S/C22H44N6O9.5ClH/c1-8-14(27)16(31)17(32)22(34-8)37-19-15(30)12(28-20(33)13(29)4-5-23)6-11(26)18(19)36-21-10(25)3-2-9(7-24)35-21;;;;;/h8-19,21-22,29-32H,2-7,23-27H2,1H3,(H,28,33);5*1H/t8-,9+,10-,11+,12-,13+,14-,15+,16+,17-,18-,19-,21-,22+;;;;;/m1...../s1. The van der Waals surface area contributed by atoms with Gasteiger partial charge in [0, 0.05) is 12.6 Å². The molecule has 42 heavy (non-hydrogen) atoms. The molecule has 3 rings (SSSR count). The Kier molecular flexibility index (Phi) is 23.7. The van der Waals surface area contributed by atoms with Crippen molar-refractivity contribution in [1.29, 1.82) is 0 Å². The van der Waals surface area contributed by atoms with Gasteiger partial charge in [0.25, 0.3) is 0 Å². The number of carbonyl (C=O) groups excluding carboxylic acids is 1. The topological polar surface area (TPSA) is 277 Å². The highest BCUT2D eigenvalue weighted by atomic mass is 35.5. The molecule has 2 saturated heterocycles. The average molecular weight is 719 g/mol. The van der Waals surface area contributed by atoms with Crippen LogP contribution in [0.4, 0.5) is 0 Å². The summed E-state index contributed by atoms with van der Waals surface area (Å²) in [6.45, 7) is 1.97. The SMILES string of the molecule is C[C@H]1O[C@@H](O[C@@H]2[C@@H](O)[C@H](NC(=O)[C@@H](O)CCN)C[C@H](N)[C@H]2O[C@H]2O[C@H](CN)CC[C@H]2N)[C@H](O)[C@@H](O)[C@@H]1N.Cl.Cl.Cl.Cl.Cl.